The van der Waals surface area contributed by atoms with E-state index < -0.39 is 0 Å². The summed E-state index contributed by atoms with van der Waals surface area (Å²) in [7, 11) is 0. The molecule has 0 unspecified atom stereocenters. The van der Waals surface area contributed by atoms with Crippen molar-refractivity contribution in [3.8, 4) is 0 Å². The molecule has 0 fully saturated rings. The quantitative estimate of drug-likeness (QED) is 0.663. The number of nitrogens with zero attached hydrogens (tertiary/aromatic N) is 3. The van der Waals surface area contributed by atoms with Gasteiger partial charge >= 0.3 is 0 Å². The Morgan fingerprint density at radius 2 is 2.17 bits per heavy atom. The molecule has 5 heteroatoms. The number of rotatable bonds is 0. The fraction of sp³-hybridized carbons (Fsp3) is 0. The fourth-order valence-electron chi connectivity index (χ4n) is 0.937. The van der Waals surface area contributed by atoms with Crippen LogP contribution >= 0.6 is 11.6 Å². The second-order valence-electron chi connectivity index (χ2n) is 2.26. The van der Waals surface area contributed by atoms with E-state index in [2.05, 4.69) is 15.0 Å². The van der Waals surface area contributed by atoms with Crippen LogP contribution in [0.4, 0.5) is 5.82 Å². The van der Waals surface area contributed by atoms with Crippen molar-refractivity contribution in [2.75, 3.05) is 5.73 Å². The van der Waals surface area contributed by atoms with Crippen molar-refractivity contribution < 1.29 is 0 Å². The van der Waals surface area contributed by atoms with Gasteiger partial charge in [0, 0.05) is 6.20 Å². The van der Waals surface area contributed by atoms with Crippen molar-refractivity contribution in [2.45, 2.75) is 0 Å². The minimum Gasteiger partial charge on any atom is -0.382 e. The molecule has 2 aromatic heterocycles. The number of hydrogen-bond donors (Lipinski definition) is 1. The van der Waals surface area contributed by atoms with Gasteiger partial charge in [-0.05, 0) is 6.07 Å². The van der Waals surface area contributed by atoms with E-state index in [1.807, 2.05) is 0 Å². The van der Waals surface area contributed by atoms with Crippen molar-refractivity contribution in [2.24, 2.45) is 0 Å². The molecule has 4 nitrogen and oxygen atoms in total. The molecule has 0 bridgehead atoms. The highest BCUT2D eigenvalue weighted by molar-refractivity contribution is 6.29. The van der Waals surface area contributed by atoms with Gasteiger partial charge in [0.15, 0.2) is 5.82 Å². The number of pyridine rings is 1. The molecule has 0 aromatic carbocycles. The van der Waals surface area contributed by atoms with Gasteiger partial charge in [-0.15, -0.1) is 0 Å². The molecule has 0 spiro atoms. The molecule has 2 aromatic rings. The molecule has 2 heterocycles. The highest BCUT2D eigenvalue weighted by Crippen LogP contribution is 2.15. The molecule has 60 valence electrons. The lowest BCUT2D eigenvalue weighted by atomic mass is 10.4. The number of anilines is 1. The SMILES string of the molecule is Nc1nccc2ncc(Cl)nc12. The van der Waals surface area contributed by atoms with Crippen LogP contribution in [0.25, 0.3) is 11.0 Å². The zero-order chi connectivity index (χ0) is 8.55. The maximum Gasteiger partial charge on any atom is 0.151 e. The Balaban J connectivity index is 2.88. The molecule has 2 rings (SSSR count). The van der Waals surface area contributed by atoms with Gasteiger partial charge in [-0.25, -0.2) is 9.97 Å². The summed E-state index contributed by atoms with van der Waals surface area (Å²) >= 11 is 5.63. The van der Waals surface area contributed by atoms with E-state index in [0.717, 1.165) is 0 Å². The van der Waals surface area contributed by atoms with Crippen LogP contribution < -0.4 is 5.73 Å². The number of halogens is 1. The number of fused-ring (bicyclic) bond motifs is 1. The third kappa shape index (κ3) is 1.06. The maximum absolute atomic E-state index is 5.63. The molecular weight excluding hydrogens is 176 g/mol. The summed E-state index contributed by atoms with van der Waals surface area (Å²) in [5.41, 5.74) is 6.80. The summed E-state index contributed by atoms with van der Waals surface area (Å²) in [6.07, 6.45) is 3.06. The molecule has 12 heavy (non-hydrogen) atoms. The van der Waals surface area contributed by atoms with Crippen molar-refractivity contribution in [3.63, 3.8) is 0 Å². The number of hydrogen-bond acceptors (Lipinski definition) is 4. The maximum atomic E-state index is 5.63. The van der Waals surface area contributed by atoms with Gasteiger partial charge in [-0.1, -0.05) is 11.6 Å². The first-order chi connectivity index (χ1) is 5.77. The monoisotopic (exact) mass is 180 g/mol. The first-order valence-corrected chi connectivity index (χ1v) is 3.68. The van der Waals surface area contributed by atoms with Crippen LogP contribution in [0.3, 0.4) is 0 Å². The summed E-state index contributed by atoms with van der Waals surface area (Å²) in [6.45, 7) is 0. The van der Waals surface area contributed by atoms with Gasteiger partial charge in [0.1, 0.15) is 10.7 Å². The van der Waals surface area contributed by atoms with Gasteiger partial charge in [0.05, 0.1) is 11.7 Å². The lowest BCUT2D eigenvalue weighted by Gasteiger charge is -1.97. The summed E-state index contributed by atoms with van der Waals surface area (Å²) in [6, 6.07) is 1.73. The third-order valence-corrected chi connectivity index (χ3v) is 1.64. The number of nitrogen functional groups attached to an aromatic ring is 1. The molecule has 0 saturated heterocycles. The van der Waals surface area contributed by atoms with E-state index >= 15 is 0 Å². The van der Waals surface area contributed by atoms with Crippen LogP contribution in [-0.2, 0) is 0 Å². The Bertz CT molecular complexity index is 429. The first kappa shape index (κ1) is 7.24. The molecule has 0 atom stereocenters. The van der Waals surface area contributed by atoms with Crippen LogP contribution in [-0.4, -0.2) is 15.0 Å². The third-order valence-electron chi connectivity index (χ3n) is 1.46. The molecule has 0 amide bonds. The average molecular weight is 181 g/mol. The Hall–Kier alpha value is -1.42. The molecule has 0 aliphatic heterocycles. The lowest BCUT2D eigenvalue weighted by Crippen LogP contribution is -1.94. The lowest BCUT2D eigenvalue weighted by molar-refractivity contribution is 1.25. The minimum absolute atomic E-state index is 0.321. The van der Waals surface area contributed by atoms with Crippen LogP contribution in [0.5, 0.6) is 0 Å². The minimum atomic E-state index is 0.321. The zero-order valence-electron chi connectivity index (χ0n) is 6.03. The van der Waals surface area contributed by atoms with Crippen molar-refractivity contribution in [1.82, 2.24) is 15.0 Å². The summed E-state index contributed by atoms with van der Waals surface area (Å²) in [5, 5.41) is 0.321. The van der Waals surface area contributed by atoms with Crippen molar-refractivity contribution in [3.05, 3.63) is 23.6 Å². The highest BCUT2D eigenvalue weighted by atomic mass is 35.5. The molecule has 0 saturated carbocycles. The molecular formula is C7H5ClN4. The Morgan fingerprint density at radius 1 is 1.33 bits per heavy atom. The molecule has 0 aliphatic rings. The predicted octanol–water partition coefficient (Wildman–Crippen LogP) is 1.26. The number of aromatic nitrogens is 3. The Kier molecular flexibility index (Phi) is 1.55. The molecule has 2 N–H and O–H groups in total. The van der Waals surface area contributed by atoms with Gasteiger partial charge in [-0.3, -0.25) is 4.98 Å². The standard InChI is InChI=1S/C7H5ClN4/c8-5-3-11-4-1-2-10-7(9)6(4)12-5/h1-3H,(H2,9,10). The van der Waals surface area contributed by atoms with Crippen molar-refractivity contribution >= 4 is 28.5 Å². The fourth-order valence-corrected chi connectivity index (χ4v) is 1.07. The first-order valence-electron chi connectivity index (χ1n) is 3.30. The largest absolute Gasteiger partial charge is 0.382 e. The van der Waals surface area contributed by atoms with E-state index in [1.54, 1.807) is 12.3 Å². The predicted molar refractivity (Wildman–Crippen MR) is 46.8 cm³/mol. The van der Waals surface area contributed by atoms with Gasteiger partial charge < -0.3 is 5.73 Å². The second-order valence-corrected chi connectivity index (χ2v) is 2.64. The highest BCUT2D eigenvalue weighted by Gasteiger charge is 2.01. The van der Waals surface area contributed by atoms with E-state index in [9.17, 15) is 0 Å². The van der Waals surface area contributed by atoms with E-state index in [-0.39, 0.29) is 0 Å². The van der Waals surface area contributed by atoms with Gasteiger partial charge in [-0.2, -0.15) is 0 Å². The smallest absolute Gasteiger partial charge is 0.151 e. The van der Waals surface area contributed by atoms with Gasteiger partial charge in [0.2, 0.25) is 0 Å². The van der Waals surface area contributed by atoms with Crippen LogP contribution in [0, 0.1) is 0 Å². The molecule has 0 aliphatic carbocycles. The van der Waals surface area contributed by atoms with Crippen molar-refractivity contribution in [1.29, 1.82) is 0 Å². The zero-order valence-corrected chi connectivity index (χ0v) is 6.78. The second kappa shape index (κ2) is 2.57. The normalized spacial score (nSPS) is 10.4. The van der Waals surface area contributed by atoms with Crippen LogP contribution in [0.1, 0.15) is 0 Å². The van der Waals surface area contributed by atoms with Crippen LogP contribution in [0.2, 0.25) is 5.15 Å². The molecule has 0 radical (unpaired) electrons. The number of nitrogens with two attached hydrogens (primary N) is 1. The summed E-state index contributed by atoms with van der Waals surface area (Å²) < 4.78 is 0. The average Bonchev–Trinajstić information content (AvgIpc) is 2.07. The van der Waals surface area contributed by atoms with E-state index in [1.165, 1.54) is 6.20 Å². The Labute approximate surface area is 73.4 Å². The van der Waals surface area contributed by atoms with E-state index in [4.69, 9.17) is 17.3 Å². The van der Waals surface area contributed by atoms with E-state index in [0.29, 0.717) is 22.0 Å². The topological polar surface area (TPSA) is 64.7 Å². The Morgan fingerprint density at radius 3 is 3.00 bits per heavy atom. The summed E-state index contributed by atoms with van der Waals surface area (Å²) in [4.78, 5) is 11.9. The van der Waals surface area contributed by atoms with Crippen LogP contribution in [0.15, 0.2) is 18.5 Å². The van der Waals surface area contributed by atoms with Gasteiger partial charge in [0.25, 0.3) is 0 Å². The summed E-state index contributed by atoms with van der Waals surface area (Å²) in [5.74, 6) is 0.350.